The van der Waals surface area contributed by atoms with Crippen LogP contribution in [0.15, 0.2) is 29.3 Å². The van der Waals surface area contributed by atoms with E-state index < -0.39 is 0 Å². The Morgan fingerprint density at radius 1 is 1.47 bits per heavy atom. The zero-order chi connectivity index (χ0) is 12.5. The first-order valence-corrected chi connectivity index (χ1v) is 5.29. The number of anilines is 1. The highest BCUT2D eigenvalue weighted by Gasteiger charge is 2.02. The number of methoxy groups -OCH3 is 1. The van der Waals surface area contributed by atoms with Crippen molar-refractivity contribution in [3.63, 3.8) is 0 Å². The summed E-state index contributed by atoms with van der Waals surface area (Å²) in [6.45, 7) is 1.18. The van der Waals surface area contributed by atoms with Crippen LogP contribution in [0, 0.1) is 5.82 Å². The molecule has 0 saturated heterocycles. The Labute approximate surface area is 99.8 Å². The lowest BCUT2D eigenvalue weighted by molar-refractivity contribution is 0.197. The van der Waals surface area contributed by atoms with Crippen LogP contribution in [0.1, 0.15) is 6.42 Å². The van der Waals surface area contributed by atoms with Gasteiger partial charge in [0.25, 0.3) is 0 Å². The molecular formula is C11H17FN4O. The van der Waals surface area contributed by atoms with Gasteiger partial charge in [0, 0.05) is 20.3 Å². The number of ether oxygens (including phenoxy) is 1. The average molecular weight is 240 g/mol. The van der Waals surface area contributed by atoms with Crippen molar-refractivity contribution < 1.29 is 9.13 Å². The van der Waals surface area contributed by atoms with Gasteiger partial charge in [-0.15, -0.1) is 0 Å². The van der Waals surface area contributed by atoms with Gasteiger partial charge >= 0.3 is 0 Å². The minimum absolute atomic E-state index is 0.325. The molecule has 0 radical (unpaired) electrons. The number of para-hydroxylation sites is 1. The number of nitrogens with one attached hydrogen (secondary N) is 2. The quantitative estimate of drug-likeness (QED) is 0.237. The molecule has 0 aliphatic heterocycles. The molecule has 1 aromatic carbocycles. The SMILES string of the molecule is COCCCN=C(NN)Nc1ccccc1F. The number of aliphatic imine (C=N–C) groups is 1. The molecule has 0 aromatic heterocycles. The van der Waals surface area contributed by atoms with Crippen LogP contribution in [-0.2, 0) is 4.74 Å². The Balaban J connectivity index is 2.54. The summed E-state index contributed by atoms with van der Waals surface area (Å²) in [4.78, 5) is 4.14. The van der Waals surface area contributed by atoms with Crippen LogP contribution in [0.2, 0.25) is 0 Å². The van der Waals surface area contributed by atoms with E-state index in [2.05, 4.69) is 15.7 Å². The van der Waals surface area contributed by atoms with E-state index in [0.717, 1.165) is 6.42 Å². The van der Waals surface area contributed by atoms with Gasteiger partial charge in [-0.1, -0.05) is 12.1 Å². The van der Waals surface area contributed by atoms with Crippen LogP contribution in [0.4, 0.5) is 10.1 Å². The summed E-state index contributed by atoms with van der Waals surface area (Å²) in [5.41, 5.74) is 2.72. The van der Waals surface area contributed by atoms with Crippen molar-refractivity contribution in [3.05, 3.63) is 30.1 Å². The van der Waals surface area contributed by atoms with Gasteiger partial charge in [-0.2, -0.15) is 0 Å². The number of rotatable bonds is 5. The number of halogens is 1. The van der Waals surface area contributed by atoms with Crippen LogP contribution >= 0.6 is 0 Å². The van der Waals surface area contributed by atoms with E-state index in [-0.39, 0.29) is 5.82 Å². The zero-order valence-electron chi connectivity index (χ0n) is 9.74. The number of nitrogens with zero attached hydrogens (tertiary/aromatic N) is 1. The summed E-state index contributed by atoms with van der Waals surface area (Å²) >= 11 is 0. The highest BCUT2D eigenvalue weighted by molar-refractivity contribution is 5.93. The number of hydrazine groups is 1. The highest BCUT2D eigenvalue weighted by atomic mass is 19.1. The molecule has 0 atom stereocenters. The molecule has 0 spiro atoms. The molecule has 6 heteroatoms. The largest absolute Gasteiger partial charge is 0.385 e. The Bertz CT molecular complexity index is 370. The van der Waals surface area contributed by atoms with Gasteiger partial charge in [-0.05, 0) is 18.6 Å². The molecule has 17 heavy (non-hydrogen) atoms. The van der Waals surface area contributed by atoms with Gasteiger partial charge in [-0.3, -0.25) is 10.4 Å². The van der Waals surface area contributed by atoms with Crippen molar-refractivity contribution in [2.24, 2.45) is 10.8 Å². The second-order valence-corrected chi connectivity index (χ2v) is 3.33. The van der Waals surface area contributed by atoms with E-state index >= 15 is 0 Å². The highest BCUT2D eigenvalue weighted by Crippen LogP contribution is 2.11. The topological polar surface area (TPSA) is 71.7 Å². The summed E-state index contributed by atoms with van der Waals surface area (Å²) in [5.74, 6) is 5.26. The van der Waals surface area contributed by atoms with Crippen molar-refractivity contribution in [1.29, 1.82) is 0 Å². The maximum Gasteiger partial charge on any atom is 0.210 e. The van der Waals surface area contributed by atoms with E-state index in [1.54, 1.807) is 25.3 Å². The second kappa shape index (κ2) is 7.59. The molecule has 4 N–H and O–H groups in total. The minimum atomic E-state index is -0.354. The molecule has 0 aliphatic carbocycles. The summed E-state index contributed by atoms with van der Waals surface area (Å²) in [6.07, 6.45) is 0.778. The molecular weight excluding hydrogens is 223 g/mol. The van der Waals surface area contributed by atoms with Crippen LogP contribution in [0.5, 0.6) is 0 Å². The fourth-order valence-electron chi connectivity index (χ4n) is 1.21. The molecule has 0 saturated carbocycles. The number of hydrogen-bond acceptors (Lipinski definition) is 3. The lowest BCUT2D eigenvalue weighted by atomic mass is 10.3. The molecule has 0 fully saturated rings. The van der Waals surface area contributed by atoms with Crippen LogP contribution < -0.4 is 16.6 Å². The molecule has 94 valence electrons. The summed E-state index contributed by atoms with van der Waals surface area (Å²) < 4.78 is 18.2. The first kappa shape index (κ1) is 13.4. The normalized spacial score (nSPS) is 11.4. The van der Waals surface area contributed by atoms with Gasteiger partial charge in [0.1, 0.15) is 5.82 Å². The Morgan fingerprint density at radius 3 is 2.88 bits per heavy atom. The Hall–Kier alpha value is -1.66. The van der Waals surface area contributed by atoms with Crippen molar-refractivity contribution in [2.45, 2.75) is 6.42 Å². The third kappa shape index (κ3) is 4.80. The smallest absolute Gasteiger partial charge is 0.210 e. The number of benzene rings is 1. The predicted octanol–water partition coefficient (Wildman–Crippen LogP) is 1.09. The number of guanidine groups is 1. The molecule has 0 aliphatic rings. The van der Waals surface area contributed by atoms with Gasteiger partial charge in [0.15, 0.2) is 0 Å². The van der Waals surface area contributed by atoms with Gasteiger partial charge in [0.05, 0.1) is 5.69 Å². The Kier molecular flexibility index (Phi) is 5.98. The number of nitrogens with two attached hydrogens (primary N) is 1. The van der Waals surface area contributed by atoms with Crippen molar-refractivity contribution >= 4 is 11.6 Å². The summed E-state index contributed by atoms with van der Waals surface area (Å²) in [5, 5.41) is 2.77. The third-order valence-corrected chi connectivity index (χ3v) is 2.04. The fourth-order valence-corrected chi connectivity index (χ4v) is 1.21. The monoisotopic (exact) mass is 240 g/mol. The molecule has 0 amide bonds. The number of hydrogen-bond donors (Lipinski definition) is 3. The van der Waals surface area contributed by atoms with Crippen molar-refractivity contribution in [2.75, 3.05) is 25.6 Å². The maximum atomic E-state index is 13.3. The molecule has 0 unspecified atom stereocenters. The van der Waals surface area contributed by atoms with Gasteiger partial charge in [0.2, 0.25) is 5.96 Å². The average Bonchev–Trinajstić information content (AvgIpc) is 2.35. The van der Waals surface area contributed by atoms with Crippen molar-refractivity contribution in [3.8, 4) is 0 Å². The van der Waals surface area contributed by atoms with Crippen LogP contribution in [-0.4, -0.2) is 26.2 Å². The molecule has 1 aromatic rings. The lowest BCUT2D eigenvalue weighted by Gasteiger charge is -2.09. The summed E-state index contributed by atoms with van der Waals surface area (Å²) in [6, 6.07) is 6.31. The minimum Gasteiger partial charge on any atom is -0.385 e. The fraction of sp³-hybridized carbons (Fsp3) is 0.364. The van der Waals surface area contributed by atoms with E-state index in [0.29, 0.717) is 24.8 Å². The Morgan fingerprint density at radius 2 is 2.24 bits per heavy atom. The first-order valence-electron chi connectivity index (χ1n) is 5.29. The molecule has 0 bridgehead atoms. The van der Waals surface area contributed by atoms with Crippen LogP contribution in [0.3, 0.4) is 0 Å². The van der Waals surface area contributed by atoms with E-state index in [1.165, 1.54) is 6.07 Å². The van der Waals surface area contributed by atoms with E-state index in [4.69, 9.17) is 10.6 Å². The molecule has 1 rings (SSSR count). The molecule has 0 heterocycles. The second-order valence-electron chi connectivity index (χ2n) is 3.33. The summed E-state index contributed by atoms with van der Waals surface area (Å²) in [7, 11) is 1.63. The van der Waals surface area contributed by atoms with Gasteiger partial charge in [-0.25, -0.2) is 10.2 Å². The third-order valence-electron chi connectivity index (χ3n) is 2.04. The lowest BCUT2D eigenvalue weighted by Crippen LogP contribution is -2.36. The van der Waals surface area contributed by atoms with Gasteiger partial charge < -0.3 is 10.1 Å². The first-order chi connectivity index (χ1) is 8.27. The maximum absolute atomic E-state index is 13.3. The predicted molar refractivity (Wildman–Crippen MR) is 66.1 cm³/mol. The standard InChI is InChI=1S/C11H17FN4O/c1-17-8-4-7-14-11(16-13)15-10-6-3-2-5-9(10)12/h2-3,5-6H,4,7-8,13H2,1H3,(H2,14,15,16). The van der Waals surface area contributed by atoms with Crippen LogP contribution in [0.25, 0.3) is 0 Å². The molecule has 5 nitrogen and oxygen atoms in total. The zero-order valence-corrected chi connectivity index (χ0v) is 9.74. The van der Waals surface area contributed by atoms with E-state index in [1.807, 2.05) is 0 Å². The van der Waals surface area contributed by atoms with Crippen molar-refractivity contribution in [1.82, 2.24) is 5.43 Å². The van der Waals surface area contributed by atoms with E-state index in [9.17, 15) is 4.39 Å².